The second-order valence-electron chi connectivity index (χ2n) is 9.48. The van der Waals surface area contributed by atoms with Crippen molar-refractivity contribution >= 4 is 40.4 Å². The van der Waals surface area contributed by atoms with Gasteiger partial charge in [0.1, 0.15) is 0 Å². The summed E-state index contributed by atoms with van der Waals surface area (Å²) in [4.78, 5) is 17.6. The van der Waals surface area contributed by atoms with Crippen LogP contribution in [0.3, 0.4) is 0 Å². The fourth-order valence-corrected chi connectivity index (χ4v) is 4.90. The standard InChI is InChI=1S/C28H23Cl2F3N6O/c1-14-8-9-18(10-15(14)2)22-11-24(28(31,32)33)39-25(34-22)12-23(37-39)27(40)35-26-16(3)36-38(17(26)4)13-19-20(29)6-5-7-21(19)30/h5-12H,13H2,1-4H3,(H,35,40). The average molecular weight is 587 g/mol. The summed E-state index contributed by atoms with van der Waals surface area (Å²) >= 11 is 12.6. The largest absolute Gasteiger partial charge is 0.433 e. The summed E-state index contributed by atoms with van der Waals surface area (Å²) in [5.41, 5.74) is 3.40. The first-order valence-electron chi connectivity index (χ1n) is 12.2. The molecule has 0 radical (unpaired) electrons. The third-order valence-corrected chi connectivity index (χ3v) is 7.45. The lowest BCUT2D eigenvalue weighted by atomic mass is 10.0. The Morgan fingerprint density at radius 1 is 0.950 bits per heavy atom. The highest BCUT2D eigenvalue weighted by Gasteiger charge is 2.36. The summed E-state index contributed by atoms with van der Waals surface area (Å²) in [6.07, 6.45) is -4.73. The van der Waals surface area contributed by atoms with E-state index in [0.29, 0.717) is 42.8 Å². The van der Waals surface area contributed by atoms with Crippen molar-refractivity contribution in [2.75, 3.05) is 5.32 Å². The van der Waals surface area contributed by atoms with Crippen LogP contribution in [0.5, 0.6) is 0 Å². The van der Waals surface area contributed by atoms with Crippen LogP contribution in [0, 0.1) is 27.7 Å². The minimum Gasteiger partial charge on any atom is -0.317 e. The van der Waals surface area contributed by atoms with E-state index in [1.54, 1.807) is 48.9 Å². The molecule has 0 aliphatic heterocycles. The number of fused-ring (bicyclic) bond motifs is 1. The quantitative estimate of drug-likeness (QED) is 0.232. The van der Waals surface area contributed by atoms with Gasteiger partial charge >= 0.3 is 6.18 Å². The van der Waals surface area contributed by atoms with E-state index in [0.717, 1.165) is 17.2 Å². The van der Waals surface area contributed by atoms with E-state index in [2.05, 4.69) is 20.5 Å². The predicted molar refractivity (Wildman–Crippen MR) is 148 cm³/mol. The predicted octanol–water partition coefficient (Wildman–Crippen LogP) is 7.45. The van der Waals surface area contributed by atoms with Gasteiger partial charge in [0.2, 0.25) is 0 Å². The molecule has 0 atom stereocenters. The Morgan fingerprint density at radius 3 is 2.30 bits per heavy atom. The van der Waals surface area contributed by atoms with Crippen molar-refractivity contribution in [2.45, 2.75) is 40.4 Å². The summed E-state index contributed by atoms with van der Waals surface area (Å²) in [7, 11) is 0. The van der Waals surface area contributed by atoms with Crippen LogP contribution in [0.2, 0.25) is 10.0 Å². The molecule has 5 rings (SSSR count). The van der Waals surface area contributed by atoms with Crippen LogP contribution < -0.4 is 5.32 Å². The molecule has 1 N–H and O–H groups in total. The Kier molecular flexibility index (Phi) is 7.09. The zero-order valence-corrected chi connectivity index (χ0v) is 23.4. The highest BCUT2D eigenvalue weighted by molar-refractivity contribution is 6.36. The number of rotatable bonds is 5. The minimum atomic E-state index is -4.73. The zero-order valence-electron chi connectivity index (χ0n) is 21.9. The second kappa shape index (κ2) is 10.3. The Labute approximate surface area is 237 Å². The third-order valence-electron chi connectivity index (χ3n) is 6.74. The average Bonchev–Trinajstić information content (AvgIpc) is 3.43. The topological polar surface area (TPSA) is 77.1 Å². The smallest absolute Gasteiger partial charge is 0.317 e. The number of carbonyl (C=O) groups excluding carboxylic acids is 1. The number of carbonyl (C=O) groups is 1. The van der Waals surface area contributed by atoms with Crippen molar-refractivity contribution in [3.8, 4) is 11.3 Å². The Bertz CT molecular complexity index is 1770. The molecule has 1 amide bonds. The number of aromatic nitrogens is 5. The van der Waals surface area contributed by atoms with Crippen LogP contribution in [0.15, 0.2) is 48.5 Å². The van der Waals surface area contributed by atoms with Gasteiger partial charge in [-0.25, -0.2) is 9.50 Å². The van der Waals surface area contributed by atoms with Crippen LogP contribution in [0.4, 0.5) is 18.9 Å². The molecule has 0 unspecified atom stereocenters. The molecule has 7 nitrogen and oxygen atoms in total. The van der Waals surface area contributed by atoms with Gasteiger partial charge in [-0.1, -0.05) is 41.4 Å². The number of alkyl halides is 3. The van der Waals surface area contributed by atoms with E-state index in [9.17, 15) is 18.0 Å². The molecule has 3 aromatic heterocycles. The van der Waals surface area contributed by atoms with Crippen LogP contribution in [0.1, 0.15) is 44.3 Å². The van der Waals surface area contributed by atoms with E-state index < -0.39 is 17.8 Å². The molecule has 0 spiro atoms. The number of hydrogen-bond donors (Lipinski definition) is 1. The number of halogens is 5. The highest BCUT2D eigenvalue weighted by atomic mass is 35.5. The number of hydrogen-bond acceptors (Lipinski definition) is 4. The molecular formula is C28H23Cl2F3N6O. The molecule has 3 heterocycles. The molecule has 0 saturated heterocycles. The number of aryl methyl sites for hydroxylation is 3. The monoisotopic (exact) mass is 586 g/mol. The van der Waals surface area contributed by atoms with Gasteiger partial charge in [-0.15, -0.1) is 0 Å². The Hall–Kier alpha value is -3.89. The summed E-state index contributed by atoms with van der Waals surface area (Å²) in [6.45, 7) is 7.51. The first-order valence-corrected chi connectivity index (χ1v) is 12.9. The first kappa shape index (κ1) is 27.7. The maximum absolute atomic E-state index is 14.0. The lowest BCUT2D eigenvalue weighted by molar-refractivity contribution is -0.142. The molecular weight excluding hydrogens is 564 g/mol. The van der Waals surface area contributed by atoms with Gasteiger partial charge in [0.25, 0.3) is 5.91 Å². The lowest BCUT2D eigenvalue weighted by Gasteiger charge is -2.11. The number of nitrogens with zero attached hydrogens (tertiary/aromatic N) is 5. The molecule has 206 valence electrons. The summed E-state index contributed by atoms with van der Waals surface area (Å²) in [5, 5.41) is 12.1. The van der Waals surface area contributed by atoms with Crippen molar-refractivity contribution in [2.24, 2.45) is 0 Å². The number of anilines is 1. The first-order chi connectivity index (χ1) is 18.8. The number of benzene rings is 2. The summed E-state index contributed by atoms with van der Waals surface area (Å²) in [5.74, 6) is -0.701. The molecule has 0 aliphatic carbocycles. The van der Waals surface area contributed by atoms with Gasteiger partial charge in [-0.05, 0) is 63.1 Å². The number of nitrogens with one attached hydrogen (secondary N) is 1. The molecule has 12 heteroatoms. The van der Waals surface area contributed by atoms with E-state index in [1.807, 2.05) is 19.9 Å². The van der Waals surface area contributed by atoms with Gasteiger partial charge in [-0.3, -0.25) is 9.48 Å². The maximum Gasteiger partial charge on any atom is 0.433 e. The molecule has 2 aromatic carbocycles. The Balaban J connectivity index is 1.50. The van der Waals surface area contributed by atoms with E-state index in [-0.39, 0.29) is 23.6 Å². The zero-order chi connectivity index (χ0) is 28.9. The fourth-order valence-electron chi connectivity index (χ4n) is 4.38. The highest BCUT2D eigenvalue weighted by Crippen LogP contribution is 2.33. The molecule has 0 saturated carbocycles. The molecule has 0 aliphatic rings. The van der Waals surface area contributed by atoms with Gasteiger partial charge in [0.15, 0.2) is 17.0 Å². The molecule has 0 bridgehead atoms. The molecule has 0 fully saturated rings. The van der Waals surface area contributed by atoms with Gasteiger partial charge in [0, 0.05) is 27.2 Å². The summed E-state index contributed by atoms with van der Waals surface area (Å²) in [6, 6.07) is 12.6. The van der Waals surface area contributed by atoms with E-state index >= 15 is 0 Å². The third kappa shape index (κ3) is 5.16. The fraction of sp³-hybridized carbons (Fsp3) is 0.214. The van der Waals surface area contributed by atoms with Crippen LogP contribution in [-0.4, -0.2) is 30.3 Å². The van der Waals surface area contributed by atoms with E-state index in [1.165, 1.54) is 6.07 Å². The van der Waals surface area contributed by atoms with E-state index in [4.69, 9.17) is 23.2 Å². The van der Waals surface area contributed by atoms with Crippen molar-refractivity contribution in [1.29, 1.82) is 0 Å². The van der Waals surface area contributed by atoms with Crippen molar-refractivity contribution in [1.82, 2.24) is 24.4 Å². The van der Waals surface area contributed by atoms with Crippen LogP contribution in [0.25, 0.3) is 16.9 Å². The van der Waals surface area contributed by atoms with Crippen molar-refractivity contribution in [3.05, 3.63) is 98.0 Å². The second-order valence-corrected chi connectivity index (χ2v) is 10.3. The van der Waals surface area contributed by atoms with Crippen molar-refractivity contribution in [3.63, 3.8) is 0 Å². The lowest BCUT2D eigenvalue weighted by Crippen LogP contribution is -2.16. The van der Waals surface area contributed by atoms with Gasteiger partial charge in [0.05, 0.1) is 29.3 Å². The Morgan fingerprint density at radius 2 is 1.65 bits per heavy atom. The number of amides is 1. The molecule has 40 heavy (non-hydrogen) atoms. The van der Waals surface area contributed by atoms with Crippen LogP contribution in [-0.2, 0) is 12.7 Å². The summed E-state index contributed by atoms with van der Waals surface area (Å²) < 4.78 is 44.4. The van der Waals surface area contributed by atoms with Crippen LogP contribution >= 0.6 is 23.2 Å². The SMILES string of the molecule is Cc1ccc(-c2cc(C(F)(F)F)n3nc(C(=O)Nc4c(C)nn(Cc5c(Cl)cccc5Cl)c4C)cc3n2)cc1C. The normalized spacial score (nSPS) is 11.8. The molecule has 5 aromatic rings. The maximum atomic E-state index is 14.0. The van der Waals surface area contributed by atoms with Gasteiger partial charge in [-0.2, -0.15) is 23.4 Å². The van der Waals surface area contributed by atoms with Crippen molar-refractivity contribution < 1.29 is 18.0 Å². The van der Waals surface area contributed by atoms with Gasteiger partial charge < -0.3 is 5.32 Å². The minimum absolute atomic E-state index is 0.106.